The molecule has 2 aromatic carbocycles. The lowest BCUT2D eigenvalue weighted by Crippen LogP contribution is -2.44. The second kappa shape index (κ2) is 10.9. The predicted molar refractivity (Wildman–Crippen MR) is 125 cm³/mol. The summed E-state index contributed by atoms with van der Waals surface area (Å²) in [6.07, 6.45) is 12.2. The zero-order valence-corrected chi connectivity index (χ0v) is 18.1. The van der Waals surface area contributed by atoms with Crippen molar-refractivity contribution >= 4 is 5.91 Å². The van der Waals surface area contributed by atoms with E-state index in [-0.39, 0.29) is 24.1 Å². The minimum atomic E-state index is -0.546. The number of hydrogen-bond donors (Lipinski definition) is 2. The van der Waals surface area contributed by atoms with Crippen molar-refractivity contribution in [1.82, 2.24) is 10.2 Å². The highest BCUT2D eigenvalue weighted by Gasteiger charge is 2.34. The van der Waals surface area contributed by atoms with Gasteiger partial charge in [0, 0.05) is 18.3 Å². The van der Waals surface area contributed by atoms with Crippen LogP contribution in [-0.4, -0.2) is 28.1 Å². The van der Waals surface area contributed by atoms with E-state index in [1.807, 2.05) is 102 Å². The number of carbonyl (C=O) groups excluding carboxylic acids is 1. The fraction of sp³-hybridized carbons (Fsp3) is 0.296. The smallest absolute Gasteiger partial charge is 0.225 e. The van der Waals surface area contributed by atoms with Gasteiger partial charge in [-0.2, -0.15) is 0 Å². The molecule has 2 aliphatic rings. The summed E-state index contributed by atoms with van der Waals surface area (Å²) >= 11 is 0. The summed E-state index contributed by atoms with van der Waals surface area (Å²) in [5.41, 5.74) is 2.06. The highest BCUT2D eigenvalue weighted by atomic mass is 16.5. The zero-order chi connectivity index (χ0) is 22.2. The Morgan fingerprint density at radius 2 is 1.62 bits per heavy atom. The number of aliphatic hydroxyl groups excluding tert-OH is 1. The first-order valence-electron chi connectivity index (χ1n) is 11.2. The summed E-state index contributed by atoms with van der Waals surface area (Å²) in [4.78, 5) is 15.3. The molecule has 4 unspecified atom stereocenters. The molecule has 0 radical (unpaired) electrons. The molecule has 4 atom stereocenters. The quantitative estimate of drug-likeness (QED) is 0.681. The number of amides is 1. The normalized spacial score (nSPS) is 23.5. The van der Waals surface area contributed by atoms with Gasteiger partial charge in [0.1, 0.15) is 6.17 Å². The number of rotatable bonds is 7. The SMILES string of the molecule is O=C(NC(c1ccccc1)N1C=CC=CC=C1)C1CCC(O)C(OCc2ccccc2)C1. The highest BCUT2D eigenvalue weighted by Crippen LogP contribution is 2.29. The third kappa shape index (κ3) is 5.75. The molecule has 166 valence electrons. The number of benzene rings is 2. The average molecular weight is 431 g/mol. The van der Waals surface area contributed by atoms with Gasteiger partial charge >= 0.3 is 0 Å². The van der Waals surface area contributed by atoms with Gasteiger partial charge in [-0.3, -0.25) is 4.79 Å². The fourth-order valence-corrected chi connectivity index (χ4v) is 4.17. The molecule has 1 heterocycles. The summed E-state index contributed by atoms with van der Waals surface area (Å²) in [6.45, 7) is 0.430. The number of ether oxygens (including phenoxy) is 1. The first-order chi connectivity index (χ1) is 15.7. The van der Waals surface area contributed by atoms with Crippen molar-refractivity contribution in [2.24, 2.45) is 5.92 Å². The Bertz CT molecular complexity index is 939. The third-order valence-electron chi connectivity index (χ3n) is 5.98. The zero-order valence-electron chi connectivity index (χ0n) is 18.1. The lowest BCUT2D eigenvalue weighted by atomic mass is 9.84. The van der Waals surface area contributed by atoms with Gasteiger partial charge < -0.3 is 20.1 Å². The van der Waals surface area contributed by atoms with E-state index in [1.165, 1.54) is 0 Å². The van der Waals surface area contributed by atoms with Gasteiger partial charge in [0.05, 0.1) is 18.8 Å². The van der Waals surface area contributed by atoms with Gasteiger partial charge in [-0.25, -0.2) is 0 Å². The fourth-order valence-electron chi connectivity index (χ4n) is 4.17. The number of nitrogens with one attached hydrogen (secondary N) is 1. The van der Waals surface area contributed by atoms with Crippen LogP contribution in [0.1, 0.15) is 36.6 Å². The summed E-state index contributed by atoms with van der Waals surface area (Å²) in [6, 6.07) is 19.9. The van der Waals surface area contributed by atoms with Crippen LogP contribution >= 0.6 is 0 Å². The molecule has 32 heavy (non-hydrogen) atoms. The number of aliphatic hydroxyl groups is 1. The largest absolute Gasteiger partial charge is 0.390 e. The molecule has 1 aliphatic heterocycles. The number of carbonyl (C=O) groups is 1. The van der Waals surface area contributed by atoms with E-state index in [2.05, 4.69) is 5.32 Å². The Morgan fingerprint density at radius 3 is 2.31 bits per heavy atom. The van der Waals surface area contributed by atoms with Crippen molar-refractivity contribution < 1.29 is 14.6 Å². The van der Waals surface area contributed by atoms with Crippen LogP contribution in [0.15, 0.2) is 97.4 Å². The second-order valence-corrected chi connectivity index (χ2v) is 8.25. The van der Waals surface area contributed by atoms with Gasteiger partial charge in [-0.1, -0.05) is 72.8 Å². The van der Waals surface area contributed by atoms with Crippen molar-refractivity contribution in [3.63, 3.8) is 0 Å². The van der Waals surface area contributed by atoms with Crippen LogP contribution < -0.4 is 5.32 Å². The van der Waals surface area contributed by atoms with E-state index in [4.69, 9.17) is 4.74 Å². The molecule has 1 saturated carbocycles. The standard InChI is InChI=1S/C27H30N2O3/c30-24-16-15-23(19-25(24)32-20-21-11-5-3-6-12-21)27(31)28-26(22-13-7-4-8-14-22)29-17-9-1-2-10-18-29/h1-14,17-18,23-26,30H,15-16,19-20H2,(H,28,31). The topological polar surface area (TPSA) is 61.8 Å². The van der Waals surface area contributed by atoms with E-state index in [0.717, 1.165) is 11.1 Å². The van der Waals surface area contributed by atoms with Crippen LogP contribution in [0.3, 0.4) is 0 Å². The monoisotopic (exact) mass is 430 g/mol. The molecule has 2 N–H and O–H groups in total. The maximum Gasteiger partial charge on any atom is 0.225 e. The second-order valence-electron chi connectivity index (χ2n) is 8.25. The van der Waals surface area contributed by atoms with E-state index in [9.17, 15) is 9.90 Å². The maximum atomic E-state index is 13.3. The first-order valence-corrected chi connectivity index (χ1v) is 11.2. The minimum absolute atomic E-state index is 0.0157. The van der Waals surface area contributed by atoms with Crippen LogP contribution in [0.5, 0.6) is 0 Å². The number of allylic oxidation sites excluding steroid dienone is 4. The maximum absolute atomic E-state index is 13.3. The lowest BCUT2D eigenvalue weighted by Gasteiger charge is -2.35. The molecule has 1 fully saturated rings. The molecule has 0 spiro atoms. The first kappa shape index (κ1) is 22.1. The van der Waals surface area contributed by atoms with Crippen molar-refractivity contribution in [3.05, 3.63) is 108 Å². The summed E-state index contributed by atoms with van der Waals surface area (Å²) < 4.78 is 6.01. The third-order valence-corrected chi connectivity index (χ3v) is 5.98. The number of hydrogen-bond acceptors (Lipinski definition) is 4. The molecule has 0 saturated heterocycles. The summed E-state index contributed by atoms with van der Waals surface area (Å²) in [5, 5.41) is 13.7. The molecular weight excluding hydrogens is 400 g/mol. The minimum Gasteiger partial charge on any atom is -0.390 e. The molecule has 1 amide bonds. The van der Waals surface area contributed by atoms with E-state index in [1.54, 1.807) is 0 Å². The van der Waals surface area contributed by atoms with Gasteiger partial charge in [-0.05, 0) is 42.5 Å². The van der Waals surface area contributed by atoms with E-state index >= 15 is 0 Å². The van der Waals surface area contributed by atoms with Crippen LogP contribution in [0, 0.1) is 5.92 Å². The van der Waals surface area contributed by atoms with Crippen LogP contribution in [0.4, 0.5) is 0 Å². The van der Waals surface area contributed by atoms with E-state index in [0.29, 0.717) is 25.9 Å². The van der Waals surface area contributed by atoms with Crippen molar-refractivity contribution in [2.75, 3.05) is 0 Å². The Kier molecular flexibility index (Phi) is 7.54. The molecule has 1 aliphatic carbocycles. The van der Waals surface area contributed by atoms with Gasteiger partial charge in [0.25, 0.3) is 0 Å². The van der Waals surface area contributed by atoms with Crippen molar-refractivity contribution in [1.29, 1.82) is 0 Å². The molecule has 2 aromatic rings. The summed E-state index contributed by atoms with van der Waals surface area (Å²) in [7, 11) is 0. The Hall–Kier alpha value is -3.15. The molecule has 5 heteroatoms. The van der Waals surface area contributed by atoms with Crippen LogP contribution in [0.2, 0.25) is 0 Å². The van der Waals surface area contributed by atoms with E-state index < -0.39 is 6.10 Å². The highest BCUT2D eigenvalue weighted by molar-refractivity contribution is 5.79. The lowest BCUT2D eigenvalue weighted by molar-refractivity contribution is -0.134. The van der Waals surface area contributed by atoms with Gasteiger partial charge in [-0.15, -0.1) is 0 Å². The van der Waals surface area contributed by atoms with Crippen LogP contribution in [-0.2, 0) is 16.1 Å². The predicted octanol–water partition coefficient (Wildman–Crippen LogP) is 4.45. The Labute approximate surface area is 189 Å². The summed E-state index contributed by atoms with van der Waals surface area (Å²) in [5.74, 6) is -0.221. The average Bonchev–Trinajstić information content (AvgIpc) is 3.12. The van der Waals surface area contributed by atoms with Gasteiger partial charge in [0.2, 0.25) is 5.91 Å². The molecule has 4 rings (SSSR count). The van der Waals surface area contributed by atoms with Crippen molar-refractivity contribution in [2.45, 2.75) is 44.2 Å². The molecule has 5 nitrogen and oxygen atoms in total. The molecule has 0 bridgehead atoms. The Balaban J connectivity index is 1.43. The molecule has 0 aromatic heterocycles. The van der Waals surface area contributed by atoms with Crippen LogP contribution in [0.25, 0.3) is 0 Å². The van der Waals surface area contributed by atoms with Crippen molar-refractivity contribution in [3.8, 4) is 0 Å². The number of nitrogens with zero attached hydrogens (tertiary/aromatic N) is 1. The van der Waals surface area contributed by atoms with Gasteiger partial charge in [0.15, 0.2) is 0 Å². The molecular formula is C27H30N2O3. The Morgan fingerprint density at radius 1 is 0.969 bits per heavy atom.